The van der Waals surface area contributed by atoms with E-state index < -0.39 is 6.10 Å². The van der Waals surface area contributed by atoms with Crippen LogP contribution >= 0.6 is 11.6 Å². The maximum Gasteiger partial charge on any atom is 0.263 e. The average molecular weight is 318 g/mol. The van der Waals surface area contributed by atoms with Gasteiger partial charge in [0.25, 0.3) is 5.91 Å². The van der Waals surface area contributed by atoms with Crippen molar-refractivity contribution in [3.8, 4) is 5.75 Å². The minimum Gasteiger partial charge on any atom is -0.481 e. The van der Waals surface area contributed by atoms with Crippen molar-refractivity contribution >= 4 is 17.5 Å². The van der Waals surface area contributed by atoms with E-state index in [1.807, 2.05) is 37.3 Å². The lowest BCUT2D eigenvalue weighted by Gasteiger charge is -2.24. The van der Waals surface area contributed by atoms with Crippen LogP contribution in [0.5, 0.6) is 5.75 Å². The summed E-state index contributed by atoms with van der Waals surface area (Å²) in [4.78, 5) is 14.2. The first-order chi connectivity index (χ1) is 10.6. The van der Waals surface area contributed by atoms with Gasteiger partial charge in [0.2, 0.25) is 0 Å². The molecule has 2 aromatic carbocycles. The summed E-state index contributed by atoms with van der Waals surface area (Å²) in [6.07, 6.45) is 0.121. The minimum absolute atomic E-state index is 0.0266. The molecular formula is C18H20ClNO2. The molecule has 0 bridgehead atoms. The van der Waals surface area contributed by atoms with Crippen molar-refractivity contribution in [3.63, 3.8) is 0 Å². The molecule has 0 radical (unpaired) electrons. The van der Waals surface area contributed by atoms with Gasteiger partial charge in [0, 0.05) is 18.6 Å². The number of carbonyl (C=O) groups excluding carboxylic acids is 1. The molecule has 22 heavy (non-hydrogen) atoms. The van der Waals surface area contributed by atoms with Crippen LogP contribution in [0, 0.1) is 0 Å². The predicted octanol–water partition coefficient (Wildman–Crippen LogP) is 4.16. The highest BCUT2D eigenvalue weighted by Crippen LogP contribution is 2.18. The SMILES string of the molecule is CC[C@H](Oc1ccc(Cl)cc1)C(=O)N(C)Cc1ccccc1. The fourth-order valence-corrected chi connectivity index (χ4v) is 2.29. The lowest BCUT2D eigenvalue weighted by atomic mass is 10.2. The second kappa shape index (κ2) is 7.85. The second-order valence-corrected chi connectivity index (χ2v) is 5.58. The maximum absolute atomic E-state index is 12.5. The Morgan fingerprint density at radius 3 is 2.36 bits per heavy atom. The molecule has 0 aliphatic rings. The summed E-state index contributed by atoms with van der Waals surface area (Å²) in [5.74, 6) is 0.624. The first-order valence-electron chi connectivity index (χ1n) is 7.31. The number of likely N-dealkylation sites (N-methyl/N-ethyl adjacent to an activating group) is 1. The van der Waals surface area contributed by atoms with E-state index in [4.69, 9.17) is 16.3 Å². The summed E-state index contributed by atoms with van der Waals surface area (Å²) in [6.45, 7) is 2.51. The third-order valence-corrected chi connectivity index (χ3v) is 3.63. The van der Waals surface area contributed by atoms with Crippen LogP contribution in [0.3, 0.4) is 0 Å². The van der Waals surface area contributed by atoms with E-state index in [9.17, 15) is 4.79 Å². The van der Waals surface area contributed by atoms with Gasteiger partial charge < -0.3 is 9.64 Å². The molecule has 0 aliphatic carbocycles. The summed E-state index contributed by atoms with van der Waals surface area (Å²) in [7, 11) is 1.79. The number of benzene rings is 2. The Balaban J connectivity index is 2.00. The molecule has 0 fully saturated rings. The van der Waals surface area contributed by atoms with E-state index in [1.54, 1.807) is 36.2 Å². The van der Waals surface area contributed by atoms with Gasteiger partial charge >= 0.3 is 0 Å². The first kappa shape index (κ1) is 16.4. The molecule has 1 atom stereocenters. The standard InChI is InChI=1S/C18H20ClNO2/c1-3-17(22-16-11-9-15(19)10-12-16)18(21)20(2)13-14-7-5-4-6-8-14/h4-12,17H,3,13H2,1-2H3/t17-/m0/s1. The lowest BCUT2D eigenvalue weighted by Crippen LogP contribution is -2.39. The van der Waals surface area contributed by atoms with Gasteiger partial charge in [-0.1, -0.05) is 48.9 Å². The highest BCUT2D eigenvalue weighted by molar-refractivity contribution is 6.30. The Hall–Kier alpha value is -2.00. The van der Waals surface area contributed by atoms with E-state index in [2.05, 4.69) is 0 Å². The van der Waals surface area contributed by atoms with Gasteiger partial charge in [-0.25, -0.2) is 0 Å². The third kappa shape index (κ3) is 4.50. The maximum atomic E-state index is 12.5. The number of halogens is 1. The van der Waals surface area contributed by atoms with Crippen molar-refractivity contribution < 1.29 is 9.53 Å². The van der Waals surface area contributed by atoms with Crippen molar-refractivity contribution in [3.05, 3.63) is 65.2 Å². The van der Waals surface area contributed by atoms with Crippen molar-refractivity contribution in [2.45, 2.75) is 26.0 Å². The van der Waals surface area contributed by atoms with Crippen LogP contribution in [0.2, 0.25) is 5.02 Å². The van der Waals surface area contributed by atoms with Gasteiger partial charge in [-0.2, -0.15) is 0 Å². The normalized spacial score (nSPS) is 11.8. The van der Waals surface area contributed by atoms with Crippen molar-refractivity contribution in [2.24, 2.45) is 0 Å². The van der Waals surface area contributed by atoms with Gasteiger partial charge in [0.1, 0.15) is 5.75 Å². The van der Waals surface area contributed by atoms with Crippen LogP contribution in [0.4, 0.5) is 0 Å². The van der Waals surface area contributed by atoms with E-state index in [0.717, 1.165) is 5.56 Å². The average Bonchev–Trinajstić information content (AvgIpc) is 2.54. The van der Waals surface area contributed by atoms with Crippen LogP contribution in [0.25, 0.3) is 0 Å². The molecule has 2 aromatic rings. The quantitative estimate of drug-likeness (QED) is 0.800. The molecule has 0 aliphatic heterocycles. The first-order valence-corrected chi connectivity index (χ1v) is 7.69. The predicted molar refractivity (Wildman–Crippen MR) is 89.1 cm³/mol. The van der Waals surface area contributed by atoms with Gasteiger partial charge in [-0.15, -0.1) is 0 Å². The zero-order valence-corrected chi connectivity index (χ0v) is 13.6. The highest BCUT2D eigenvalue weighted by atomic mass is 35.5. The number of rotatable bonds is 6. The molecule has 1 amide bonds. The van der Waals surface area contributed by atoms with E-state index in [-0.39, 0.29) is 5.91 Å². The topological polar surface area (TPSA) is 29.5 Å². The Morgan fingerprint density at radius 1 is 1.14 bits per heavy atom. The molecule has 116 valence electrons. The molecule has 0 unspecified atom stereocenters. The third-order valence-electron chi connectivity index (χ3n) is 3.38. The number of hydrogen-bond donors (Lipinski definition) is 0. The van der Waals surface area contributed by atoms with Crippen molar-refractivity contribution in [1.82, 2.24) is 4.90 Å². The lowest BCUT2D eigenvalue weighted by molar-refractivity contribution is -0.138. The number of ether oxygens (including phenoxy) is 1. The van der Waals surface area contributed by atoms with Crippen LogP contribution in [-0.2, 0) is 11.3 Å². The second-order valence-electron chi connectivity index (χ2n) is 5.15. The number of amides is 1. The van der Waals surface area contributed by atoms with Crippen LogP contribution in [0.1, 0.15) is 18.9 Å². The summed E-state index contributed by atoms with van der Waals surface area (Å²) in [5, 5.41) is 0.646. The molecule has 2 rings (SSSR count). The Kier molecular flexibility index (Phi) is 5.84. The number of nitrogens with zero attached hydrogens (tertiary/aromatic N) is 1. The van der Waals surface area contributed by atoms with Gasteiger partial charge in [0.15, 0.2) is 6.10 Å². The Morgan fingerprint density at radius 2 is 1.77 bits per heavy atom. The van der Waals surface area contributed by atoms with E-state index in [1.165, 1.54) is 0 Å². The monoisotopic (exact) mass is 317 g/mol. The number of hydrogen-bond acceptors (Lipinski definition) is 2. The zero-order valence-electron chi connectivity index (χ0n) is 12.8. The van der Waals surface area contributed by atoms with E-state index in [0.29, 0.717) is 23.7 Å². The van der Waals surface area contributed by atoms with E-state index >= 15 is 0 Å². The molecule has 0 heterocycles. The number of carbonyl (C=O) groups is 1. The fourth-order valence-electron chi connectivity index (χ4n) is 2.17. The molecule has 4 heteroatoms. The van der Waals surface area contributed by atoms with Crippen LogP contribution < -0.4 is 4.74 Å². The van der Waals surface area contributed by atoms with Gasteiger partial charge in [0.05, 0.1) is 0 Å². The fraction of sp³-hybridized carbons (Fsp3) is 0.278. The van der Waals surface area contributed by atoms with Crippen molar-refractivity contribution in [1.29, 1.82) is 0 Å². The summed E-state index contributed by atoms with van der Waals surface area (Å²) in [5.41, 5.74) is 1.10. The van der Waals surface area contributed by atoms with Gasteiger partial charge in [-0.05, 0) is 36.2 Å². The van der Waals surface area contributed by atoms with Gasteiger partial charge in [-0.3, -0.25) is 4.79 Å². The summed E-state index contributed by atoms with van der Waals surface area (Å²) < 4.78 is 5.79. The summed E-state index contributed by atoms with van der Waals surface area (Å²) in [6, 6.07) is 17.0. The van der Waals surface area contributed by atoms with Crippen molar-refractivity contribution in [2.75, 3.05) is 7.05 Å². The molecule has 0 saturated carbocycles. The molecule has 0 N–H and O–H groups in total. The highest BCUT2D eigenvalue weighted by Gasteiger charge is 2.22. The molecular weight excluding hydrogens is 298 g/mol. The molecule has 0 saturated heterocycles. The van der Waals surface area contributed by atoms with Crippen LogP contribution in [-0.4, -0.2) is 24.0 Å². The molecule has 0 aromatic heterocycles. The smallest absolute Gasteiger partial charge is 0.263 e. The Bertz CT molecular complexity index is 598. The zero-order chi connectivity index (χ0) is 15.9. The molecule has 0 spiro atoms. The Labute approximate surface area is 136 Å². The molecule has 3 nitrogen and oxygen atoms in total. The van der Waals surface area contributed by atoms with Crippen LogP contribution in [0.15, 0.2) is 54.6 Å². The largest absolute Gasteiger partial charge is 0.481 e. The summed E-state index contributed by atoms with van der Waals surface area (Å²) >= 11 is 5.85. The minimum atomic E-state index is -0.491.